The molecule has 1 unspecified atom stereocenters. The van der Waals surface area contributed by atoms with Crippen LogP contribution in [0.3, 0.4) is 0 Å². The van der Waals surface area contributed by atoms with Crippen LogP contribution in [0.5, 0.6) is 0 Å². The summed E-state index contributed by atoms with van der Waals surface area (Å²) in [5, 5.41) is 0. The minimum atomic E-state index is 0.183. The van der Waals surface area contributed by atoms with E-state index in [0.29, 0.717) is 0 Å². The minimum Gasteiger partial charge on any atom is -0.303 e. The topological polar surface area (TPSA) is 17.1 Å². The molecule has 0 saturated carbocycles. The molecule has 58 valence electrons. The van der Waals surface area contributed by atoms with Gasteiger partial charge in [-0.3, -0.25) is 0 Å². The second-order valence-corrected chi connectivity index (χ2v) is 2.78. The lowest BCUT2D eigenvalue weighted by molar-refractivity contribution is -0.110. The van der Waals surface area contributed by atoms with Gasteiger partial charge in [-0.1, -0.05) is 25.5 Å². The maximum atomic E-state index is 10.2. The third kappa shape index (κ3) is 4.30. The van der Waals surface area contributed by atoms with Gasteiger partial charge in [-0.25, -0.2) is 0 Å². The number of hydrogen-bond acceptors (Lipinski definition) is 1. The lowest BCUT2D eigenvalue weighted by Gasteiger charge is -2.01. The average Bonchev–Trinajstić information content (AvgIpc) is 1.88. The molecule has 0 amide bonds. The lowest BCUT2D eigenvalue weighted by Crippen LogP contribution is -1.95. The van der Waals surface area contributed by atoms with Crippen molar-refractivity contribution in [2.45, 2.75) is 33.6 Å². The summed E-state index contributed by atoms with van der Waals surface area (Å²) in [5.41, 5.74) is 1.32. The van der Waals surface area contributed by atoms with Crippen molar-refractivity contribution in [2.75, 3.05) is 0 Å². The maximum Gasteiger partial charge on any atom is 0.123 e. The molecule has 0 aliphatic rings. The van der Waals surface area contributed by atoms with E-state index in [1.54, 1.807) is 0 Å². The number of rotatable bonds is 4. The van der Waals surface area contributed by atoms with Crippen molar-refractivity contribution in [3.8, 4) is 0 Å². The Kier molecular flexibility index (Phi) is 4.91. The van der Waals surface area contributed by atoms with Gasteiger partial charge in [-0.15, -0.1) is 0 Å². The zero-order valence-corrected chi connectivity index (χ0v) is 7.05. The highest BCUT2D eigenvalue weighted by Gasteiger charge is 1.98. The average molecular weight is 140 g/mol. The first-order valence-corrected chi connectivity index (χ1v) is 3.81. The number of allylic oxidation sites excluding steroid dienone is 2. The van der Waals surface area contributed by atoms with Crippen LogP contribution in [0.25, 0.3) is 0 Å². The summed E-state index contributed by atoms with van der Waals surface area (Å²) in [6, 6.07) is 0. The monoisotopic (exact) mass is 140 g/mol. The molecule has 0 radical (unpaired) electrons. The van der Waals surface area contributed by atoms with Crippen LogP contribution in [-0.2, 0) is 4.79 Å². The van der Waals surface area contributed by atoms with Crippen LogP contribution >= 0.6 is 0 Å². The van der Waals surface area contributed by atoms with Crippen LogP contribution in [0, 0.1) is 5.92 Å². The van der Waals surface area contributed by atoms with Gasteiger partial charge in [0.2, 0.25) is 0 Å². The van der Waals surface area contributed by atoms with Crippen LogP contribution in [0.15, 0.2) is 11.6 Å². The first-order valence-electron chi connectivity index (χ1n) is 3.81. The Labute approximate surface area is 63.1 Å². The van der Waals surface area contributed by atoms with Gasteiger partial charge in [0.05, 0.1) is 0 Å². The second kappa shape index (κ2) is 5.21. The highest BCUT2D eigenvalue weighted by atomic mass is 16.1. The van der Waals surface area contributed by atoms with Crippen LogP contribution in [0.2, 0.25) is 0 Å². The smallest absolute Gasteiger partial charge is 0.123 e. The Morgan fingerprint density at radius 3 is 2.60 bits per heavy atom. The molecule has 0 aliphatic heterocycles. The van der Waals surface area contributed by atoms with Crippen LogP contribution in [0.1, 0.15) is 33.6 Å². The normalized spacial score (nSPS) is 14.9. The van der Waals surface area contributed by atoms with Gasteiger partial charge in [-0.05, 0) is 19.8 Å². The molecule has 1 heteroatoms. The molecule has 0 aromatic carbocycles. The predicted octanol–water partition coefficient (Wildman–Crippen LogP) is 2.57. The molecule has 0 bridgehead atoms. The molecule has 10 heavy (non-hydrogen) atoms. The predicted molar refractivity (Wildman–Crippen MR) is 43.9 cm³/mol. The van der Waals surface area contributed by atoms with Crippen molar-refractivity contribution in [1.82, 2.24) is 0 Å². The van der Waals surface area contributed by atoms with Gasteiger partial charge in [-0.2, -0.15) is 0 Å². The van der Waals surface area contributed by atoms with Crippen molar-refractivity contribution in [2.24, 2.45) is 5.92 Å². The molecule has 0 fully saturated rings. The minimum absolute atomic E-state index is 0.183. The fourth-order valence-electron chi connectivity index (χ4n) is 0.988. The Morgan fingerprint density at radius 2 is 2.20 bits per heavy atom. The van der Waals surface area contributed by atoms with Crippen LogP contribution in [-0.4, -0.2) is 6.29 Å². The molecule has 0 aromatic heterocycles. The van der Waals surface area contributed by atoms with E-state index >= 15 is 0 Å². The first-order chi connectivity index (χ1) is 4.70. The molecule has 0 N–H and O–H groups in total. The fourth-order valence-corrected chi connectivity index (χ4v) is 0.988. The molecule has 1 nitrogen and oxygen atoms in total. The second-order valence-electron chi connectivity index (χ2n) is 2.78. The third-order valence-corrected chi connectivity index (χ3v) is 1.43. The van der Waals surface area contributed by atoms with E-state index in [1.165, 1.54) is 5.57 Å². The first kappa shape index (κ1) is 9.41. The third-order valence-electron chi connectivity index (χ3n) is 1.43. The molecular formula is C9H16O. The quantitative estimate of drug-likeness (QED) is 0.433. The van der Waals surface area contributed by atoms with Crippen LogP contribution in [0.4, 0.5) is 0 Å². The summed E-state index contributed by atoms with van der Waals surface area (Å²) >= 11 is 0. The molecule has 0 heterocycles. The van der Waals surface area contributed by atoms with E-state index in [-0.39, 0.29) is 5.92 Å². The molecule has 1 atom stereocenters. The number of hydrogen-bond donors (Lipinski definition) is 0. The van der Waals surface area contributed by atoms with Crippen molar-refractivity contribution in [3.63, 3.8) is 0 Å². The Balaban J connectivity index is 3.66. The summed E-state index contributed by atoms with van der Waals surface area (Å²) < 4.78 is 0. The standard InChI is InChI=1S/C9H16O/c1-4-5-8(2)6-9(3)7-10/h5,7,9H,4,6H2,1-3H3/b8-5+. The number of carbonyl (C=O) groups excluding carboxylic acids is 1. The summed E-state index contributed by atoms with van der Waals surface area (Å²) in [6.07, 6.45) is 5.15. The molecule has 0 aliphatic carbocycles. The number of carbonyl (C=O) groups is 1. The Bertz CT molecular complexity index is 125. The van der Waals surface area contributed by atoms with E-state index in [2.05, 4.69) is 19.9 Å². The van der Waals surface area contributed by atoms with E-state index in [1.807, 2.05) is 6.92 Å². The van der Waals surface area contributed by atoms with Crippen molar-refractivity contribution >= 4 is 6.29 Å². The largest absolute Gasteiger partial charge is 0.303 e. The number of aldehydes is 1. The SMILES string of the molecule is CC/C=C(\C)CC(C)C=O. The summed E-state index contributed by atoms with van der Waals surface area (Å²) in [5.74, 6) is 0.183. The van der Waals surface area contributed by atoms with Gasteiger partial charge in [0, 0.05) is 5.92 Å². The zero-order chi connectivity index (χ0) is 7.98. The van der Waals surface area contributed by atoms with E-state index in [4.69, 9.17) is 0 Å². The molecule has 0 rings (SSSR count). The highest BCUT2D eigenvalue weighted by molar-refractivity contribution is 5.53. The zero-order valence-electron chi connectivity index (χ0n) is 7.05. The van der Waals surface area contributed by atoms with Gasteiger partial charge >= 0.3 is 0 Å². The molecular weight excluding hydrogens is 124 g/mol. The van der Waals surface area contributed by atoms with E-state index in [0.717, 1.165) is 19.1 Å². The van der Waals surface area contributed by atoms with Crippen molar-refractivity contribution < 1.29 is 4.79 Å². The fraction of sp³-hybridized carbons (Fsp3) is 0.667. The highest BCUT2D eigenvalue weighted by Crippen LogP contribution is 2.08. The molecule has 0 saturated heterocycles. The summed E-state index contributed by atoms with van der Waals surface area (Å²) in [4.78, 5) is 10.2. The Morgan fingerprint density at radius 1 is 1.60 bits per heavy atom. The molecule has 0 spiro atoms. The van der Waals surface area contributed by atoms with Crippen molar-refractivity contribution in [3.05, 3.63) is 11.6 Å². The molecule has 0 aromatic rings. The van der Waals surface area contributed by atoms with Crippen molar-refractivity contribution in [1.29, 1.82) is 0 Å². The van der Waals surface area contributed by atoms with E-state index < -0.39 is 0 Å². The Hall–Kier alpha value is -0.590. The van der Waals surface area contributed by atoms with Gasteiger partial charge < -0.3 is 4.79 Å². The van der Waals surface area contributed by atoms with E-state index in [9.17, 15) is 4.79 Å². The van der Waals surface area contributed by atoms with Crippen LogP contribution < -0.4 is 0 Å². The summed E-state index contributed by atoms with van der Waals surface area (Å²) in [6.45, 7) is 6.12. The van der Waals surface area contributed by atoms with Gasteiger partial charge in [0.1, 0.15) is 6.29 Å². The maximum absolute atomic E-state index is 10.2. The lowest BCUT2D eigenvalue weighted by atomic mass is 10.0. The van der Waals surface area contributed by atoms with Gasteiger partial charge in [0.15, 0.2) is 0 Å². The van der Waals surface area contributed by atoms with Gasteiger partial charge in [0.25, 0.3) is 0 Å². The summed E-state index contributed by atoms with van der Waals surface area (Å²) in [7, 11) is 0.